The SMILES string of the molecule is CC(=O)c1cccc2c1C(C)C(=S)N2. The molecule has 1 aromatic carbocycles. The first kappa shape index (κ1) is 9.34. The molecule has 2 rings (SSSR count). The highest BCUT2D eigenvalue weighted by molar-refractivity contribution is 7.80. The van der Waals surface area contributed by atoms with Crippen LogP contribution in [0.25, 0.3) is 0 Å². The molecule has 0 saturated heterocycles. The van der Waals surface area contributed by atoms with Crippen molar-refractivity contribution in [1.29, 1.82) is 0 Å². The first-order valence-electron chi connectivity index (χ1n) is 4.56. The third-order valence-electron chi connectivity index (χ3n) is 2.57. The van der Waals surface area contributed by atoms with Crippen molar-refractivity contribution in [1.82, 2.24) is 0 Å². The fourth-order valence-corrected chi connectivity index (χ4v) is 2.05. The highest BCUT2D eigenvalue weighted by Crippen LogP contribution is 2.35. The van der Waals surface area contributed by atoms with E-state index in [9.17, 15) is 4.79 Å². The molecule has 1 heterocycles. The van der Waals surface area contributed by atoms with Crippen molar-refractivity contribution >= 4 is 28.7 Å². The molecule has 72 valence electrons. The van der Waals surface area contributed by atoms with Crippen molar-refractivity contribution in [2.75, 3.05) is 5.32 Å². The summed E-state index contributed by atoms with van der Waals surface area (Å²) in [6.07, 6.45) is 0. The average Bonchev–Trinajstić information content (AvgIpc) is 2.43. The Balaban J connectivity index is 2.64. The van der Waals surface area contributed by atoms with Gasteiger partial charge in [-0.1, -0.05) is 31.3 Å². The maximum Gasteiger partial charge on any atom is 0.160 e. The Kier molecular flexibility index (Phi) is 2.11. The van der Waals surface area contributed by atoms with Gasteiger partial charge < -0.3 is 5.32 Å². The van der Waals surface area contributed by atoms with Crippen molar-refractivity contribution in [3.8, 4) is 0 Å². The summed E-state index contributed by atoms with van der Waals surface area (Å²) in [5.41, 5.74) is 2.81. The molecule has 0 saturated carbocycles. The van der Waals surface area contributed by atoms with Gasteiger partial charge in [0.05, 0.1) is 4.99 Å². The largest absolute Gasteiger partial charge is 0.349 e. The number of hydrogen-bond acceptors (Lipinski definition) is 2. The van der Waals surface area contributed by atoms with Gasteiger partial charge in [0.1, 0.15) is 0 Å². The Morgan fingerprint density at radius 1 is 1.50 bits per heavy atom. The fourth-order valence-electron chi connectivity index (χ4n) is 1.82. The Bertz CT molecular complexity index is 425. The third kappa shape index (κ3) is 1.24. The minimum Gasteiger partial charge on any atom is -0.349 e. The van der Waals surface area contributed by atoms with Crippen LogP contribution in [0.3, 0.4) is 0 Å². The molecule has 1 unspecified atom stereocenters. The number of fused-ring (bicyclic) bond motifs is 1. The topological polar surface area (TPSA) is 29.1 Å². The molecular formula is C11H11NOS. The number of anilines is 1. The van der Waals surface area contributed by atoms with Crippen molar-refractivity contribution in [2.45, 2.75) is 19.8 Å². The molecule has 1 aromatic rings. The summed E-state index contributed by atoms with van der Waals surface area (Å²) in [6.45, 7) is 3.61. The van der Waals surface area contributed by atoms with E-state index in [1.165, 1.54) is 0 Å². The second-order valence-electron chi connectivity index (χ2n) is 3.53. The van der Waals surface area contributed by atoms with Gasteiger partial charge in [-0.2, -0.15) is 0 Å². The summed E-state index contributed by atoms with van der Waals surface area (Å²) in [5.74, 6) is 0.250. The zero-order chi connectivity index (χ0) is 10.3. The number of rotatable bonds is 1. The Morgan fingerprint density at radius 2 is 2.21 bits per heavy atom. The van der Waals surface area contributed by atoms with E-state index in [0.29, 0.717) is 0 Å². The number of Topliss-reactive ketones (excluding diaryl/α,β-unsaturated/α-hetero) is 1. The molecule has 1 N–H and O–H groups in total. The van der Waals surface area contributed by atoms with Crippen molar-refractivity contribution < 1.29 is 4.79 Å². The maximum absolute atomic E-state index is 11.4. The standard InChI is InChI=1S/C11H11NOS/c1-6-10-8(7(2)13)4-3-5-9(10)12-11(6)14/h3-6H,1-2H3,(H,12,14). The molecule has 3 heteroatoms. The van der Waals surface area contributed by atoms with Crippen LogP contribution in [0.4, 0.5) is 5.69 Å². The molecule has 2 nitrogen and oxygen atoms in total. The van der Waals surface area contributed by atoms with Crippen LogP contribution in [0.1, 0.15) is 35.7 Å². The van der Waals surface area contributed by atoms with E-state index in [1.54, 1.807) is 6.92 Å². The molecule has 0 amide bonds. The molecule has 0 aliphatic carbocycles. The average molecular weight is 205 g/mol. The second-order valence-corrected chi connectivity index (χ2v) is 3.97. The molecular weight excluding hydrogens is 194 g/mol. The molecule has 1 atom stereocenters. The van der Waals surface area contributed by atoms with Gasteiger partial charge in [-0.25, -0.2) is 0 Å². The number of carbonyl (C=O) groups is 1. The van der Waals surface area contributed by atoms with Crippen LogP contribution in [0, 0.1) is 0 Å². The summed E-state index contributed by atoms with van der Waals surface area (Å²) >= 11 is 5.17. The molecule has 0 bridgehead atoms. The predicted molar refractivity (Wildman–Crippen MR) is 61.1 cm³/mol. The predicted octanol–water partition coefficient (Wildman–Crippen LogP) is 2.75. The van der Waals surface area contributed by atoms with E-state index in [2.05, 4.69) is 5.32 Å². The lowest BCUT2D eigenvalue weighted by Crippen LogP contribution is -2.06. The zero-order valence-corrected chi connectivity index (χ0v) is 8.94. The van der Waals surface area contributed by atoms with Crippen LogP contribution in [0.15, 0.2) is 18.2 Å². The van der Waals surface area contributed by atoms with Gasteiger partial charge in [0.25, 0.3) is 0 Å². The van der Waals surface area contributed by atoms with E-state index in [4.69, 9.17) is 12.2 Å². The lowest BCUT2D eigenvalue weighted by Gasteiger charge is -2.06. The van der Waals surface area contributed by atoms with Crippen LogP contribution in [0.5, 0.6) is 0 Å². The summed E-state index contributed by atoms with van der Waals surface area (Å²) < 4.78 is 0. The Morgan fingerprint density at radius 3 is 2.86 bits per heavy atom. The summed E-state index contributed by atoms with van der Waals surface area (Å²) in [5, 5.41) is 3.12. The number of hydrogen-bond donors (Lipinski definition) is 1. The van der Waals surface area contributed by atoms with E-state index in [0.717, 1.165) is 21.8 Å². The quantitative estimate of drug-likeness (QED) is 0.564. The number of thiocarbonyl (C=S) groups is 1. The summed E-state index contributed by atoms with van der Waals surface area (Å²) in [4.78, 5) is 12.2. The van der Waals surface area contributed by atoms with Gasteiger partial charge >= 0.3 is 0 Å². The Labute approximate surface area is 88.3 Å². The summed E-state index contributed by atoms with van der Waals surface area (Å²) in [6, 6.07) is 5.69. The molecule has 0 fully saturated rings. The van der Waals surface area contributed by atoms with Gasteiger partial charge in [-0.05, 0) is 18.6 Å². The maximum atomic E-state index is 11.4. The smallest absolute Gasteiger partial charge is 0.160 e. The fraction of sp³-hybridized carbons (Fsp3) is 0.273. The van der Waals surface area contributed by atoms with Crippen molar-refractivity contribution in [3.63, 3.8) is 0 Å². The molecule has 14 heavy (non-hydrogen) atoms. The number of nitrogens with one attached hydrogen (secondary N) is 1. The minimum atomic E-state index is 0.0974. The molecule has 1 aliphatic rings. The highest BCUT2D eigenvalue weighted by Gasteiger charge is 2.26. The lowest BCUT2D eigenvalue weighted by molar-refractivity contribution is 0.101. The van der Waals surface area contributed by atoms with Crippen LogP contribution in [-0.4, -0.2) is 10.8 Å². The molecule has 0 aromatic heterocycles. The monoisotopic (exact) mass is 205 g/mol. The van der Waals surface area contributed by atoms with Crippen molar-refractivity contribution in [2.24, 2.45) is 0 Å². The first-order valence-corrected chi connectivity index (χ1v) is 4.97. The van der Waals surface area contributed by atoms with E-state index >= 15 is 0 Å². The van der Waals surface area contributed by atoms with Gasteiger partial charge in [-0.15, -0.1) is 0 Å². The van der Waals surface area contributed by atoms with Gasteiger partial charge in [-0.3, -0.25) is 4.79 Å². The second kappa shape index (κ2) is 3.17. The number of ketones is 1. The lowest BCUT2D eigenvalue weighted by atomic mass is 9.95. The van der Waals surface area contributed by atoms with Gasteiger partial charge in [0.2, 0.25) is 0 Å². The number of benzene rings is 1. The molecule has 0 spiro atoms. The van der Waals surface area contributed by atoms with E-state index < -0.39 is 0 Å². The van der Waals surface area contributed by atoms with Gasteiger partial charge in [0, 0.05) is 17.2 Å². The van der Waals surface area contributed by atoms with Gasteiger partial charge in [0.15, 0.2) is 5.78 Å². The van der Waals surface area contributed by atoms with Crippen LogP contribution >= 0.6 is 12.2 Å². The number of carbonyl (C=O) groups excluding carboxylic acids is 1. The molecule has 0 radical (unpaired) electrons. The van der Waals surface area contributed by atoms with Crippen molar-refractivity contribution in [3.05, 3.63) is 29.3 Å². The third-order valence-corrected chi connectivity index (χ3v) is 3.03. The van der Waals surface area contributed by atoms with E-state index in [-0.39, 0.29) is 11.7 Å². The summed E-state index contributed by atoms with van der Waals surface area (Å²) in [7, 11) is 0. The Hall–Kier alpha value is -1.22. The van der Waals surface area contributed by atoms with E-state index in [1.807, 2.05) is 25.1 Å². The van der Waals surface area contributed by atoms with Crippen LogP contribution in [-0.2, 0) is 0 Å². The first-order chi connectivity index (χ1) is 6.61. The zero-order valence-electron chi connectivity index (χ0n) is 8.13. The highest BCUT2D eigenvalue weighted by atomic mass is 32.1. The van der Waals surface area contributed by atoms with Crippen LogP contribution in [0.2, 0.25) is 0 Å². The minimum absolute atomic E-state index is 0.0974. The van der Waals surface area contributed by atoms with Crippen LogP contribution < -0.4 is 5.32 Å². The normalized spacial score (nSPS) is 19.0. The molecule has 1 aliphatic heterocycles.